The Balaban J connectivity index is 1.24. The Hall–Kier alpha value is -1.79. The summed E-state index contributed by atoms with van der Waals surface area (Å²) in [5, 5.41) is 3.78. The molecule has 2 aromatic rings. The number of halogens is 2. The Bertz CT molecular complexity index is 939. The fourth-order valence-electron chi connectivity index (χ4n) is 5.19. The van der Waals surface area contributed by atoms with Gasteiger partial charge in [-0.05, 0) is 68.7 Å². The third-order valence-electron chi connectivity index (χ3n) is 6.88. The molecule has 3 aliphatic rings. The summed E-state index contributed by atoms with van der Waals surface area (Å²) in [7, 11) is 0. The first-order valence-corrected chi connectivity index (χ1v) is 12.0. The summed E-state index contributed by atoms with van der Waals surface area (Å²) in [6.45, 7) is 4.75. The molecule has 0 radical (unpaired) electrons. The maximum absolute atomic E-state index is 13.6. The number of nitrogens with one attached hydrogen (secondary N) is 1. The van der Waals surface area contributed by atoms with E-state index < -0.39 is 11.6 Å². The van der Waals surface area contributed by atoms with E-state index in [-0.39, 0.29) is 6.04 Å². The molecule has 1 saturated heterocycles. The Morgan fingerprint density at radius 3 is 2.53 bits per heavy atom. The van der Waals surface area contributed by atoms with Crippen molar-refractivity contribution in [2.45, 2.75) is 64.0 Å². The molecule has 0 amide bonds. The standard InChI is InChI=1S/C24H29F2N3S/c1-15(16-12-17(25)14-18(26)13-16)29-10-7-19(8-11-29)28-24-23-20-4-2-3-5-21(20)30-22(23)6-9-27-24/h12-15,19H,2-11H2,1H3,(H,27,28). The summed E-state index contributed by atoms with van der Waals surface area (Å²) >= 11 is 2.02. The lowest BCUT2D eigenvalue weighted by atomic mass is 9.92. The maximum atomic E-state index is 13.6. The van der Waals surface area contributed by atoms with E-state index in [9.17, 15) is 8.78 Å². The summed E-state index contributed by atoms with van der Waals surface area (Å²) in [5.74, 6) is 0.117. The fourth-order valence-corrected chi connectivity index (χ4v) is 6.58. The number of fused-ring (bicyclic) bond motifs is 3. The van der Waals surface area contributed by atoms with Gasteiger partial charge in [-0.1, -0.05) is 0 Å². The van der Waals surface area contributed by atoms with E-state index in [4.69, 9.17) is 4.99 Å². The van der Waals surface area contributed by atoms with Crippen molar-refractivity contribution in [2.24, 2.45) is 4.99 Å². The second kappa shape index (κ2) is 8.39. The highest BCUT2D eigenvalue weighted by Gasteiger charge is 2.29. The van der Waals surface area contributed by atoms with Crippen LogP contribution in [0.5, 0.6) is 0 Å². The van der Waals surface area contributed by atoms with Gasteiger partial charge in [0.2, 0.25) is 0 Å². The largest absolute Gasteiger partial charge is 0.367 e. The van der Waals surface area contributed by atoms with Crippen molar-refractivity contribution < 1.29 is 8.78 Å². The fraction of sp³-hybridized carbons (Fsp3) is 0.542. The average molecular weight is 430 g/mol. The Kier molecular flexibility index (Phi) is 5.63. The average Bonchev–Trinajstić information content (AvgIpc) is 3.13. The molecule has 1 atom stereocenters. The zero-order valence-corrected chi connectivity index (χ0v) is 18.3. The number of nitrogens with zero attached hydrogens (tertiary/aromatic N) is 2. The molecule has 1 aromatic carbocycles. The Morgan fingerprint density at radius 2 is 1.77 bits per heavy atom. The summed E-state index contributed by atoms with van der Waals surface area (Å²) in [4.78, 5) is 10.3. The van der Waals surface area contributed by atoms with Gasteiger partial charge in [-0.2, -0.15) is 0 Å². The molecular formula is C24H29F2N3S. The van der Waals surface area contributed by atoms with Crippen LogP contribution in [0.2, 0.25) is 0 Å². The number of likely N-dealkylation sites (tertiary alicyclic amines) is 1. The molecule has 3 heterocycles. The molecule has 3 nitrogen and oxygen atoms in total. The summed E-state index contributed by atoms with van der Waals surface area (Å²) in [6, 6.07) is 4.26. The molecular weight excluding hydrogens is 400 g/mol. The minimum absolute atomic E-state index is 0.0127. The number of hydrogen-bond acceptors (Lipinski definition) is 4. The molecule has 1 unspecified atom stereocenters. The van der Waals surface area contributed by atoms with Crippen LogP contribution in [0.4, 0.5) is 8.78 Å². The second-order valence-corrected chi connectivity index (χ2v) is 10.0. The summed E-state index contributed by atoms with van der Waals surface area (Å²) < 4.78 is 27.2. The monoisotopic (exact) mass is 429 g/mol. The molecule has 1 aliphatic carbocycles. The molecule has 0 bridgehead atoms. The van der Waals surface area contributed by atoms with Crippen molar-refractivity contribution >= 4 is 17.2 Å². The first kappa shape index (κ1) is 20.1. The smallest absolute Gasteiger partial charge is 0.129 e. The number of rotatable bonds is 3. The number of piperidine rings is 1. The van der Waals surface area contributed by atoms with Gasteiger partial charge in [0, 0.05) is 59.5 Å². The number of aryl methyl sites for hydroxylation is 1. The van der Waals surface area contributed by atoms with E-state index in [1.54, 1.807) is 10.4 Å². The molecule has 30 heavy (non-hydrogen) atoms. The minimum Gasteiger partial charge on any atom is -0.367 e. The molecule has 0 saturated carbocycles. The lowest BCUT2D eigenvalue weighted by molar-refractivity contribution is 0.158. The van der Waals surface area contributed by atoms with E-state index in [1.807, 2.05) is 18.3 Å². The number of amidine groups is 1. The third kappa shape index (κ3) is 3.92. The quantitative estimate of drug-likeness (QED) is 0.742. The van der Waals surface area contributed by atoms with Crippen LogP contribution in [0.1, 0.15) is 65.1 Å². The van der Waals surface area contributed by atoms with Gasteiger partial charge in [-0.3, -0.25) is 9.89 Å². The van der Waals surface area contributed by atoms with Crippen LogP contribution in [0.15, 0.2) is 23.2 Å². The number of aliphatic imine (C=N–C) groups is 1. The van der Waals surface area contributed by atoms with Crippen LogP contribution in [0.25, 0.3) is 0 Å². The molecule has 5 rings (SSSR count). The van der Waals surface area contributed by atoms with Gasteiger partial charge >= 0.3 is 0 Å². The van der Waals surface area contributed by atoms with Gasteiger partial charge < -0.3 is 5.32 Å². The normalized spacial score (nSPS) is 21.0. The van der Waals surface area contributed by atoms with E-state index in [1.165, 1.54) is 48.3 Å². The van der Waals surface area contributed by atoms with E-state index >= 15 is 0 Å². The van der Waals surface area contributed by atoms with Gasteiger partial charge in [0.1, 0.15) is 17.5 Å². The Labute approximate surface area is 181 Å². The van der Waals surface area contributed by atoms with Crippen LogP contribution in [0.3, 0.4) is 0 Å². The maximum Gasteiger partial charge on any atom is 0.129 e. The highest BCUT2D eigenvalue weighted by Crippen LogP contribution is 2.36. The van der Waals surface area contributed by atoms with Gasteiger partial charge in [0.05, 0.1) is 0 Å². The topological polar surface area (TPSA) is 27.6 Å². The van der Waals surface area contributed by atoms with Crippen LogP contribution >= 0.6 is 11.3 Å². The molecule has 1 aromatic heterocycles. The zero-order chi connectivity index (χ0) is 20.7. The summed E-state index contributed by atoms with van der Waals surface area (Å²) in [5.41, 5.74) is 3.70. The number of benzene rings is 1. The predicted octanol–water partition coefficient (Wildman–Crippen LogP) is 5.02. The van der Waals surface area contributed by atoms with Crippen molar-refractivity contribution in [3.8, 4) is 0 Å². The molecule has 0 spiro atoms. The van der Waals surface area contributed by atoms with Crippen LogP contribution in [-0.2, 0) is 19.3 Å². The first-order valence-electron chi connectivity index (χ1n) is 11.2. The molecule has 2 aliphatic heterocycles. The van der Waals surface area contributed by atoms with Crippen LogP contribution in [-0.4, -0.2) is 36.4 Å². The summed E-state index contributed by atoms with van der Waals surface area (Å²) in [6.07, 6.45) is 8.15. The van der Waals surface area contributed by atoms with Crippen molar-refractivity contribution in [3.63, 3.8) is 0 Å². The minimum atomic E-state index is -0.501. The SMILES string of the molecule is CC(c1cc(F)cc(F)c1)N1CCC(NC2=NCCc3sc4c(c32)CCCC4)CC1. The highest BCUT2D eigenvalue weighted by atomic mass is 32.1. The molecule has 1 N–H and O–H groups in total. The van der Waals surface area contributed by atoms with Gasteiger partial charge in [0.25, 0.3) is 0 Å². The highest BCUT2D eigenvalue weighted by molar-refractivity contribution is 7.12. The zero-order valence-electron chi connectivity index (χ0n) is 17.5. The number of thiophene rings is 1. The van der Waals surface area contributed by atoms with Gasteiger partial charge in [0.15, 0.2) is 0 Å². The van der Waals surface area contributed by atoms with Crippen molar-refractivity contribution in [1.29, 1.82) is 0 Å². The third-order valence-corrected chi connectivity index (χ3v) is 8.23. The van der Waals surface area contributed by atoms with Crippen LogP contribution < -0.4 is 5.32 Å². The molecule has 6 heteroatoms. The lowest BCUT2D eigenvalue weighted by Crippen LogP contribution is -2.46. The molecule has 1 fully saturated rings. The van der Waals surface area contributed by atoms with Crippen molar-refractivity contribution in [1.82, 2.24) is 10.2 Å². The first-order chi connectivity index (χ1) is 14.6. The van der Waals surface area contributed by atoms with Gasteiger partial charge in [-0.25, -0.2) is 8.78 Å². The van der Waals surface area contributed by atoms with Crippen molar-refractivity contribution in [2.75, 3.05) is 19.6 Å². The lowest BCUT2D eigenvalue weighted by Gasteiger charge is -2.37. The van der Waals surface area contributed by atoms with Crippen LogP contribution in [0, 0.1) is 11.6 Å². The predicted molar refractivity (Wildman–Crippen MR) is 119 cm³/mol. The van der Waals surface area contributed by atoms with E-state index in [0.717, 1.165) is 50.8 Å². The molecule has 160 valence electrons. The van der Waals surface area contributed by atoms with E-state index in [2.05, 4.69) is 10.2 Å². The Morgan fingerprint density at radius 1 is 1.03 bits per heavy atom. The van der Waals surface area contributed by atoms with Gasteiger partial charge in [-0.15, -0.1) is 11.3 Å². The van der Waals surface area contributed by atoms with Crippen molar-refractivity contribution in [3.05, 3.63) is 56.3 Å². The second-order valence-electron chi connectivity index (χ2n) is 8.82. The van der Waals surface area contributed by atoms with E-state index in [0.29, 0.717) is 11.6 Å². The number of hydrogen-bond donors (Lipinski definition) is 1.